The van der Waals surface area contributed by atoms with Crippen molar-refractivity contribution in [1.29, 1.82) is 0 Å². The van der Waals surface area contributed by atoms with E-state index >= 15 is 0 Å². The number of esters is 1. The second-order valence-corrected chi connectivity index (χ2v) is 13.0. The lowest BCUT2D eigenvalue weighted by atomic mass is 9.63. The van der Waals surface area contributed by atoms with E-state index in [0.717, 1.165) is 12.8 Å². The number of ether oxygens (including phenoxy) is 3. The van der Waals surface area contributed by atoms with Gasteiger partial charge in [-0.25, -0.2) is 14.4 Å². The molecule has 0 radical (unpaired) electrons. The highest BCUT2D eigenvalue weighted by molar-refractivity contribution is 5.87. The maximum absolute atomic E-state index is 12.8. The lowest BCUT2D eigenvalue weighted by molar-refractivity contribution is -0.151. The summed E-state index contributed by atoms with van der Waals surface area (Å²) in [5.41, 5.74) is -1.52. The zero-order chi connectivity index (χ0) is 29.4. The van der Waals surface area contributed by atoms with Crippen LogP contribution in [0.5, 0.6) is 0 Å². The van der Waals surface area contributed by atoms with Gasteiger partial charge in [0.1, 0.15) is 12.3 Å². The van der Waals surface area contributed by atoms with Crippen LogP contribution in [0.3, 0.4) is 0 Å². The summed E-state index contributed by atoms with van der Waals surface area (Å²) < 4.78 is 15.2. The van der Waals surface area contributed by atoms with Gasteiger partial charge in [0, 0.05) is 25.1 Å². The van der Waals surface area contributed by atoms with E-state index in [9.17, 15) is 24.3 Å². The molecular formula is C28H49N3O8. The van der Waals surface area contributed by atoms with Crippen molar-refractivity contribution >= 4 is 24.1 Å². The number of carbonyl (C=O) groups is 4. The first-order chi connectivity index (χ1) is 18.0. The minimum Gasteiger partial charge on any atom is -0.444 e. The van der Waals surface area contributed by atoms with Crippen LogP contribution in [-0.4, -0.2) is 66.3 Å². The Balaban J connectivity index is 1.85. The van der Waals surface area contributed by atoms with E-state index in [0.29, 0.717) is 44.9 Å². The number of methoxy groups -OCH3 is 1. The molecule has 2 rings (SSSR count). The molecular weight excluding hydrogens is 506 g/mol. The van der Waals surface area contributed by atoms with Crippen LogP contribution in [0.1, 0.15) is 99.3 Å². The largest absolute Gasteiger partial charge is 0.444 e. The van der Waals surface area contributed by atoms with E-state index in [1.165, 1.54) is 7.11 Å². The summed E-state index contributed by atoms with van der Waals surface area (Å²) >= 11 is 0. The molecule has 1 unspecified atom stereocenters. The highest BCUT2D eigenvalue weighted by atomic mass is 16.6. The van der Waals surface area contributed by atoms with Crippen LogP contribution in [0.15, 0.2) is 0 Å². The minimum absolute atomic E-state index is 0.0632. The lowest BCUT2D eigenvalue weighted by Gasteiger charge is -2.49. The summed E-state index contributed by atoms with van der Waals surface area (Å²) in [6, 6.07) is -0.101. The van der Waals surface area contributed by atoms with Gasteiger partial charge in [0.15, 0.2) is 6.10 Å². The third-order valence-electron chi connectivity index (χ3n) is 8.00. The summed E-state index contributed by atoms with van der Waals surface area (Å²) in [4.78, 5) is 49.5. The summed E-state index contributed by atoms with van der Waals surface area (Å²) in [7, 11) is 1.52. The van der Waals surface area contributed by atoms with Crippen LogP contribution in [-0.2, 0) is 23.8 Å². The monoisotopic (exact) mass is 555 g/mol. The number of nitrogens with one attached hydrogen (secondary N) is 3. The summed E-state index contributed by atoms with van der Waals surface area (Å²) in [5.74, 6) is -1.20. The number of rotatable bonds is 8. The van der Waals surface area contributed by atoms with Crippen molar-refractivity contribution in [2.45, 2.75) is 123 Å². The average Bonchev–Trinajstić information content (AvgIpc) is 2.82. The number of amides is 3. The van der Waals surface area contributed by atoms with Gasteiger partial charge in [0.2, 0.25) is 5.91 Å². The standard InChI is InChI=1S/C28H49N3O8/c1-26(2,3)28(14-12-18(13-15-28)16-21(32)29-17-37-7)31-25(36)38-23(34)22(33)19-8-10-20(11-9-19)30-24(35)39-27(4,5)6/h18-20,22,33H,8-17H2,1-7H3,(H,29,32)(H,30,35)(H,31,36). The highest BCUT2D eigenvalue weighted by Crippen LogP contribution is 2.44. The fourth-order valence-corrected chi connectivity index (χ4v) is 5.54. The van der Waals surface area contributed by atoms with Gasteiger partial charge in [0.25, 0.3) is 0 Å². The van der Waals surface area contributed by atoms with Crippen LogP contribution >= 0.6 is 0 Å². The van der Waals surface area contributed by atoms with E-state index in [-0.39, 0.29) is 35.9 Å². The third-order valence-corrected chi connectivity index (χ3v) is 8.00. The molecule has 3 amide bonds. The molecule has 2 saturated carbocycles. The fraction of sp³-hybridized carbons (Fsp3) is 0.857. The van der Waals surface area contributed by atoms with Gasteiger partial charge < -0.3 is 35.3 Å². The Hall–Kier alpha value is -2.40. The molecule has 0 heterocycles. The third kappa shape index (κ3) is 10.3. The van der Waals surface area contributed by atoms with E-state index in [2.05, 4.69) is 16.0 Å². The van der Waals surface area contributed by atoms with Crippen molar-refractivity contribution < 1.29 is 38.5 Å². The molecule has 2 aliphatic carbocycles. The van der Waals surface area contributed by atoms with Crippen molar-refractivity contribution in [3.63, 3.8) is 0 Å². The van der Waals surface area contributed by atoms with Crippen LogP contribution < -0.4 is 16.0 Å². The topological polar surface area (TPSA) is 152 Å². The molecule has 0 spiro atoms. The number of alkyl carbamates (subject to hydrolysis) is 2. The molecule has 11 heteroatoms. The number of hydrogen-bond donors (Lipinski definition) is 4. The average molecular weight is 556 g/mol. The Bertz CT molecular complexity index is 848. The molecule has 0 aliphatic heterocycles. The van der Waals surface area contributed by atoms with Crippen LogP contribution in [0.2, 0.25) is 0 Å². The van der Waals surface area contributed by atoms with Gasteiger partial charge in [-0.3, -0.25) is 4.79 Å². The van der Waals surface area contributed by atoms with Crippen LogP contribution in [0, 0.1) is 17.3 Å². The van der Waals surface area contributed by atoms with E-state index in [1.54, 1.807) is 20.8 Å². The van der Waals surface area contributed by atoms with Crippen molar-refractivity contribution in [2.24, 2.45) is 17.3 Å². The molecule has 0 bridgehead atoms. The smallest absolute Gasteiger partial charge is 0.415 e. The molecule has 0 aromatic carbocycles. The molecule has 0 saturated heterocycles. The number of aliphatic hydroxyl groups is 1. The van der Waals surface area contributed by atoms with Gasteiger partial charge in [-0.2, -0.15) is 0 Å². The molecule has 0 aromatic rings. The Labute approximate surface area is 232 Å². The van der Waals surface area contributed by atoms with Gasteiger partial charge in [-0.05, 0) is 89.4 Å². The molecule has 4 N–H and O–H groups in total. The Morgan fingerprint density at radius 1 is 0.923 bits per heavy atom. The first-order valence-electron chi connectivity index (χ1n) is 14.0. The predicted molar refractivity (Wildman–Crippen MR) is 145 cm³/mol. The molecule has 224 valence electrons. The molecule has 1 atom stereocenters. The van der Waals surface area contributed by atoms with Gasteiger partial charge in [0.05, 0.1) is 0 Å². The Morgan fingerprint density at radius 3 is 2.03 bits per heavy atom. The number of aliphatic hydroxyl groups excluding tert-OH is 1. The van der Waals surface area contributed by atoms with E-state index in [1.807, 2.05) is 20.8 Å². The lowest BCUT2D eigenvalue weighted by Crippen LogP contribution is -2.59. The minimum atomic E-state index is -1.43. The van der Waals surface area contributed by atoms with Gasteiger partial charge in [-0.15, -0.1) is 0 Å². The van der Waals surface area contributed by atoms with Gasteiger partial charge in [-0.1, -0.05) is 20.8 Å². The van der Waals surface area contributed by atoms with Crippen LogP contribution in [0.25, 0.3) is 0 Å². The quantitative estimate of drug-likeness (QED) is 0.201. The highest BCUT2D eigenvalue weighted by Gasteiger charge is 2.46. The zero-order valence-electron chi connectivity index (χ0n) is 24.7. The van der Waals surface area contributed by atoms with Crippen molar-refractivity contribution in [2.75, 3.05) is 13.8 Å². The molecule has 0 aromatic heterocycles. The summed E-state index contributed by atoms with van der Waals surface area (Å²) in [6.45, 7) is 11.6. The maximum atomic E-state index is 12.8. The Kier molecular flexibility index (Phi) is 11.6. The number of carbonyl (C=O) groups excluding carboxylic acids is 4. The molecule has 2 aliphatic rings. The molecule has 2 fully saturated rings. The number of hydrogen-bond acceptors (Lipinski definition) is 8. The second-order valence-electron chi connectivity index (χ2n) is 13.0. The summed E-state index contributed by atoms with van der Waals surface area (Å²) in [5, 5.41) is 19.1. The second kappa shape index (κ2) is 13.8. The molecule has 11 nitrogen and oxygen atoms in total. The predicted octanol–water partition coefficient (Wildman–Crippen LogP) is 3.77. The van der Waals surface area contributed by atoms with Crippen LogP contribution in [0.4, 0.5) is 9.59 Å². The normalized spacial score (nSPS) is 26.6. The first-order valence-corrected chi connectivity index (χ1v) is 14.0. The first kappa shape index (κ1) is 32.8. The summed E-state index contributed by atoms with van der Waals surface area (Å²) in [6.07, 6.45) is 2.55. The van der Waals surface area contributed by atoms with Crippen molar-refractivity contribution in [3.05, 3.63) is 0 Å². The maximum Gasteiger partial charge on any atom is 0.415 e. The van der Waals surface area contributed by atoms with Crippen molar-refractivity contribution in [1.82, 2.24) is 16.0 Å². The SMILES string of the molecule is COCNC(=O)CC1CCC(NC(=O)OC(=O)C(O)C2CCC(NC(=O)OC(C)(C)C)CC2)(C(C)(C)C)CC1. The van der Waals surface area contributed by atoms with E-state index < -0.39 is 35.4 Å². The van der Waals surface area contributed by atoms with Crippen molar-refractivity contribution in [3.8, 4) is 0 Å². The fourth-order valence-electron chi connectivity index (χ4n) is 5.54. The van der Waals surface area contributed by atoms with Gasteiger partial charge >= 0.3 is 18.2 Å². The molecule has 39 heavy (non-hydrogen) atoms. The zero-order valence-corrected chi connectivity index (χ0v) is 24.7. The Morgan fingerprint density at radius 2 is 1.51 bits per heavy atom. The van der Waals surface area contributed by atoms with E-state index in [4.69, 9.17) is 14.2 Å².